The van der Waals surface area contributed by atoms with Gasteiger partial charge in [-0.15, -0.1) is 0 Å². The third-order valence-corrected chi connectivity index (χ3v) is 3.76. The van der Waals surface area contributed by atoms with E-state index in [1.54, 1.807) is 12.4 Å². The summed E-state index contributed by atoms with van der Waals surface area (Å²) in [5, 5.41) is 13.9. The van der Waals surface area contributed by atoms with Gasteiger partial charge < -0.3 is 15.4 Å². The molecule has 0 bridgehead atoms. The van der Waals surface area contributed by atoms with Gasteiger partial charge in [0.1, 0.15) is 11.4 Å². The first-order chi connectivity index (χ1) is 9.14. The van der Waals surface area contributed by atoms with Crippen LogP contribution in [0, 0.1) is 0 Å². The lowest BCUT2D eigenvalue weighted by molar-refractivity contribution is 0.0322. The number of hydrogen-bond donors (Lipinski definition) is 3. The number of aromatic nitrogens is 2. The maximum atomic E-state index is 10.7. The molecule has 0 amide bonds. The minimum absolute atomic E-state index is 0.492. The van der Waals surface area contributed by atoms with E-state index < -0.39 is 5.60 Å². The van der Waals surface area contributed by atoms with Crippen molar-refractivity contribution in [3.05, 3.63) is 52.5 Å². The summed E-state index contributed by atoms with van der Waals surface area (Å²) < 4.78 is 1.01. The zero-order valence-electron chi connectivity index (χ0n) is 10.9. The normalized spacial score (nSPS) is 14.3. The Morgan fingerprint density at radius 2 is 2.11 bits per heavy atom. The Morgan fingerprint density at radius 3 is 2.68 bits per heavy atom. The van der Waals surface area contributed by atoms with Gasteiger partial charge >= 0.3 is 0 Å². The smallest absolute Gasteiger partial charge is 0.120 e. The second-order valence-electron chi connectivity index (χ2n) is 4.53. The monoisotopic (exact) mass is 323 g/mol. The average molecular weight is 324 g/mol. The van der Waals surface area contributed by atoms with Crippen molar-refractivity contribution in [1.29, 1.82) is 0 Å². The molecule has 2 rings (SSSR count). The third-order valence-electron chi connectivity index (χ3n) is 3.23. The van der Waals surface area contributed by atoms with E-state index in [2.05, 4.69) is 31.2 Å². The molecule has 19 heavy (non-hydrogen) atoms. The van der Waals surface area contributed by atoms with Crippen LogP contribution < -0.4 is 5.32 Å². The van der Waals surface area contributed by atoms with Gasteiger partial charge in [0, 0.05) is 23.4 Å². The van der Waals surface area contributed by atoms with Crippen molar-refractivity contribution in [2.75, 3.05) is 6.54 Å². The Morgan fingerprint density at radius 1 is 1.37 bits per heavy atom. The third kappa shape index (κ3) is 3.65. The van der Waals surface area contributed by atoms with E-state index in [9.17, 15) is 5.11 Å². The van der Waals surface area contributed by atoms with Crippen LogP contribution in [0.15, 0.2) is 41.1 Å². The molecule has 0 fully saturated rings. The van der Waals surface area contributed by atoms with Crippen LogP contribution in [0.3, 0.4) is 0 Å². The predicted octanol–water partition coefficient (Wildman–Crippen LogP) is 2.56. The number of rotatable bonds is 6. The fraction of sp³-hybridized carbons (Fsp3) is 0.357. The Kier molecular flexibility index (Phi) is 4.74. The Bertz CT molecular complexity index is 498. The second kappa shape index (κ2) is 6.32. The molecule has 2 aromatic rings. The molecule has 0 aliphatic carbocycles. The van der Waals surface area contributed by atoms with Crippen molar-refractivity contribution < 1.29 is 5.11 Å². The molecular formula is C14H18BrN3O. The van der Waals surface area contributed by atoms with Gasteiger partial charge in [-0.2, -0.15) is 0 Å². The van der Waals surface area contributed by atoms with Gasteiger partial charge in [-0.05, 0) is 24.1 Å². The summed E-state index contributed by atoms with van der Waals surface area (Å²) in [6.07, 6.45) is 4.16. The van der Waals surface area contributed by atoms with Crippen LogP contribution in [0.4, 0.5) is 0 Å². The second-order valence-corrected chi connectivity index (χ2v) is 5.45. The number of H-pyrrole nitrogens is 1. The molecule has 0 unspecified atom stereocenters. The van der Waals surface area contributed by atoms with Crippen molar-refractivity contribution in [3.8, 4) is 0 Å². The number of imidazole rings is 1. The van der Waals surface area contributed by atoms with E-state index in [-0.39, 0.29) is 0 Å². The standard InChI is InChI=1S/C14H18BrN3O/c1-2-14(19,11-3-5-12(15)6-4-11)10-16-9-13-17-7-8-18-13/h3-8,16,19H,2,9-10H2,1H3,(H,17,18)/t14-/m1/s1. The zero-order chi connectivity index (χ0) is 13.7. The molecule has 0 saturated carbocycles. The summed E-state index contributed by atoms with van der Waals surface area (Å²) in [5.41, 5.74) is 0.0676. The number of aliphatic hydroxyl groups is 1. The molecule has 5 heteroatoms. The molecule has 1 atom stereocenters. The Balaban J connectivity index is 1.99. The largest absolute Gasteiger partial charge is 0.384 e. The van der Waals surface area contributed by atoms with E-state index in [0.717, 1.165) is 15.9 Å². The summed E-state index contributed by atoms with van der Waals surface area (Å²) in [7, 11) is 0. The van der Waals surface area contributed by atoms with Crippen LogP contribution in [0.2, 0.25) is 0 Å². The first-order valence-electron chi connectivity index (χ1n) is 6.31. The zero-order valence-corrected chi connectivity index (χ0v) is 12.4. The molecule has 0 radical (unpaired) electrons. The highest BCUT2D eigenvalue weighted by Crippen LogP contribution is 2.25. The maximum absolute atomic E-state index is 10.7. The molecule has 0 saturated heterocycles. The first-order valence-corrected chi connectivity index (χ1v) is 7.11. The summed E-state index contributed by atoms with van der Waals surface area (Å²) in [4.78, 5) is 7.17. The quantitative estimate of drug-likeness (QED) is 0.765. The predicted molar refractivity (Wildman–Crippen MR) is 78.6 cm³/mol. The fourth-order valence-electron chi connectivity index (χ4n) is 1.97. The van der Waals surface area contributed by atoms with Crippen LogP contribution >= 0.6 is 15.9 Å². The van der Waals surface area contributed by atoms with Crippen LogP contribution in [0.5, 0.6) is 0 Å². The molecule has 4 nitrogen and oxygen atoms in total. The molecule has 0 aliphatic heterocycles. The molecule has 102 valence electrons. The van der Waals surface area contributed by atoms with Crippen molar-refractivity contribution >= 4 is 15.9 Å². The van der Waals surface area contributed by atoms with Crippen LogP contribution in [-0.4, -0.2) is 21.6 Å². The van der Waals surface area contributed by atoms with Gasteiger partial charge in [-0.1, -0.05) is 35.0 Å². The summed E-state index contributed by atoms with van der Waals surface area (Å²) in [6.45, 7) is 3.09. The summed E-state index contributed by atoms with van der Waals surface area (Å²) in [5.74, 6) is 0.870. The minimum Gasteiger partial charge on any atom is -0.384 e. The van der Waals surface area contributed by atoms with Crippen LogP contribution in [0.25, 0.3) is 0 Å². The van der Waals surface area contributed by atoms with Crippen molar-refractivity contribution in [2.45, 2.75) is 25.5 Å². The Hall–Kier alpha value is -1.17. The molecule has 1 heterocycles. The van der Waals surface area contributed by atoms with Gasteiger partial charge in [0.2, 0.25) is 0 Å². The van der Waals surface area contributed by atoms with E-state index in [1.807, 2.05) is 31.2 Å². The van der Waals surface area contributed by atoms with Gasteiger partial charge in [-0.3, -0.25) is 0 Å². The summed E-state index contributed by atoms with van der Waals surface area (Å²) in [6, 6.07) is 7.79. The fourth-order valence-corrected chi connectivity index (χ4v) is 2.24. The van der Waals surface area contributed by atoms with E-state index >= 15 is 0 Å². The SMILES string of the molecule is CC[C@@](O)(CNCc1ncc[nH]1)c1ccc(Br)cc1. The molecule has 0 spiro atoms. The topological polar surface area (TPSA) is 60.9 Å². The molecular weight excluding hydrogens is 306 g/mol. The Labute approximate surface area is 121 Å². The molecule has 1 aromatic heterocycles. The molecule has 1 aromatic carbocycles. The van der Waals surface area contributed by atoms with Crippen molar-refractivity contribution in [2.24, 2.45) is 0 Å². The van der Waals surface area contributed by atoms with Crippen molar-refractivity contribution in [3.63, 3.8) is 0 Å². The number of nitrogens with one attached hydrogen (secondary N) is 2. The average Bonchev–Trinajstić information content (AvgIpc) is 2.92. The lowest BCUT2D eigenvalue weighted by atomic mass is 9.91. The number of benzene rings is 1. The van der Waals surface area contributed by atoms with Crippen LogP contribution in [-0.2, 0) is 12.1 Å². The minimum atomic E-state index is -0.854. The lowest BCUT2D eigenvalue weighted by Gasteiger charge is -2.27. The maximum Gasteiger partial charge on any atom is 0.120 e. The van der Waals surface area contributed by atoms with Gasteiger partial charge in [0.15, 0.2) is 0 Å². The number of halogens is 1. The number of nitrogens with zero attached hydrogens (tertiary/aromatic N) is 1. The molecule has 0 aliphatic rings. The first kappa shape index (κ1) is 14.2. The van der Waals surface area contributed by atoms with Crippen molar-refractivity contribution in [1.82, 2.24) is 15.3 Å². The number of aromatic amines is 1. The molecule has 3 N–H and O–H groups in total. The van der Waals surface area contributed by atoms with Gasteiger partial charge in [0.25, 0.3) is 0 Å². The van der Waals surface area contributed by atoms with E-state index in [4.69, 9.17) is 0 Å². The van der Waals surface area contributed by atoms with E-state index in [0.29, 0.717) is 19.5 Å². The highest BCUT2D eigenvalue weighted by atomic mass is 79.9. The number of hydrogen-bond acceptors (Lipinski definition) is 3. The highest BCUT2D eigenvalue weighted by molar-refractivity contribution is 9.10. The van der Waals surface area contributed by atoms with Gasteiger partial charge in [0.05, 0.1) is 6.54 Å². The van der Waals surface area contributed by atoms with Crippen LogP contribution in [0.1, 0.15) is 24.7 Å². The van der Waals surface area contributed by atoms with E-state index in [1.165, 1.54) is 0 Å². The lowest BCUT2D eigenvalue weighted by Crippen LogP contribution is -2.37. The highest BCUT2D eigenvalue weighted by Gasteiger charge is 2.26. The van der Waals surface area contributed by atoms with Gasteiger partial charge in [-0.25, -0.2) is 4.98 Å². The summed E-state index contributed by atoms with van der Waals surface area (Å²) >= 11 is 3.40.